The van der Waals surface area contributed by atoms with E-state index in [-0.39, 0.29) is 36.3 Å². The Morgan fingerprint density at radius 3 is 2.37 bits per heavy atom. The van der Waals surface area contributed by atoms with Gasteiger partial charge < -0.3 is 9.64 Å². The molecular formula is C29H34FNO4. The van der Waals surface area contributed by atoms with Gasteiger partial charge in [-0.25, -0.2) is 4.39 Å². The van der Waals surface area contributed by atoms with Gasteiger partial charge in [0.1, 0.15) is 11.6 Å². The van der Waals surface area contributed by atoms with Crippen LogP contribution in [0.25, 0.3) is 0 Å². The molecule has 1 saturated carbocycles. The van der Waals surface area contributed by atoms with Crippen LogP contribution < -0.4 is 0 Å². The molecule has 1 fully saturated rings. The summed E-state index contributed by atoms with van der Waals surface area (Å²) >= 11 is 0. The average Bonchev–Trinajstić information content (AvgIpc) is 2.86. The second kappa shape index (κ2) is 11.6. The van der Waals surface area contributed by atoms with E-state index in [1.165, 1.54) is 18.7 Å². The van der Waals surface area contributed by atoms with Gasteiger partial charge in [0.2, 0.25) is 5.91 Å². The molecule has 0 aromatic heterocycles. The Kier molecular flexibility index (Phi) is 8.32. The molecule has 0 unspecified atom stereocenters. The van der Waals surface area contributed by atoms with Gasteiger partial charge in [-0.05, 0) is 72.3 Å². The van der Waals surface area contributed by atoms with E-state index >= 15 is 0 Å². The van der Waals surface area contributed by atoms with Gasteiger partial charge in [0.05, 0.1) is 7.11 Å². The molecule has 1 amide bonds. The molecule has 2 aromatic carbocycles. The maximum atomic E-state index is 13.8. The highest BCUT2D eigenvalue weighted by molar-refractivity contribution is 5.83. The van der Waals surface area contributed by atoms with Crippen LogP contribution in [0.15, 0.2) is 42.5 Å². The van der Waals surface area contributed by atoms with Crippen molar-refractivity contribution in [3.05, 3.63) is 70.5 Å². The van der Waals surface area contributed by atoms with E-state index in [9.17, 15) is 18.8 Å². The lowest BCUT2D eigenvalue weighted by atomic mass is 9.79. The molecule has 0 atom stereocenters. The van der Waals surface area contributed by atoms with Crippen LogP contribution in [0.5, 0.6) is 0 Å². The van der Waals surface area contributed by atoms with Gasteiger partial charge in [0.15, 0.2) is 0 Å². The number of nitrogens with zero attached hydrogens (tertiary/aromatic N) is 1. The molecule has 35 heavy (non-hydrogen) atoms. The quantitative estimate of drug-likeness (QED) is 0.509. The van der Waals surface area contributed by atoms with Crippen molar-refractivity contribution in [1.82, 2.24) is 4.90 Å². The van der Waals surface area contributed by atoms with E-state index in [1.807, 2.05) is 17.0 Å². The predicted octanol–water partition coefficient (Wildman–Crippen LogP) is 4.82. The summed E-state index contributed by atoms with van der Waals surface area (Å²) < 4.78 is 18.6. The van der Waals surface area contributed by atoms with Crippen LogP contribution in [-0.2, 0) is 44.9 Å². The lowest BCUT2D eigenvalue weighted by Crippen LogP contribution is -2.37. The van der Waals surface area contributed by atoms with Gasteiger partial charge in [-0.15, -0.1) is 0 Å². The fourth-order valence-electron chi connectivity index (χ4n) is 5.41. The minimum Gasteiger partial charge on any atom is -0.469 e. The molecule has 0 radical (unpaired) electrons. The van der Waals surface area contributed by atoms with E-state index in [4.69, 9.17) is 4.74 Å². The molecule has 6 heteroatoms. The highest BCUT2D eigenvalue weighted by atomic mass is 19.1. The van der Waals surface area contributed by atoms with E-state index in [0.29, 0.717) is 43.3 Å². The number of carbonyl (C=O) groups excluding carboxylic acids is 3. The zero-order valence-corrected chi connectivity index (χ0v) is 20.4. The molecule has 1 heterocycles. The summed E-state index contributed by atoms with van der Waals surface area (Å²) in [7, 11) is 1.43. The molecule has 0 bridgehead atoms. The van der Waals surface area contributed by atoms with Crippen LogP contribution in [0, 0.1) is 17.7 Å². The van der Waals surface area contributed by atoms with Gasteiger partial charge in [-0.2, -0.15) is 0 Å². The minimum absolute atomic E-state index is 0.0102. The number of fused-ring (bicyclic) bond motifs is 1. The highest BCUT2D eigenvalue weighted by Gasteiger charge is 2.28. The molecule has 0 N–H and O–H groups in total. The van der Waals surface area contributed by atoms with Crippen molar-refractivity contribution < 1.29 is 23.5 Å². The molecule has 0 saturated heterocycles. The number of ketones is 1. The lowest BCUT2D eigenvalue weighted by Gasteiger charge is -2.32. The number of ether oxygens (including phenoxy) is 1. The third kappa shape index (κ3) is 6.77. The molecule has 186 valence electrons. The Hall–Kier alpha value is -3.02. The van der Waals surface area contributed by atoms with Crippen LogP contribution >= 0.6 is 0 Å². The number of benzene rings is 2. The molecule has 1 aliphatic carbocycles. The molecular weight excluding hydrogens is 445 g/mol. The normalized spacial score (nSPS) is 19.7. The second-order valence-corrected chi connectivity index (χ2v) is 10.0. The monoisotopic (exact) mass is 479 g/mol. The summed E-state index contributed by atoms with van der Waals surface area (Å²) in [5, 5.41) is 0. The number of halogens is 1. The number of amides is 1. The van der Waals surface area contributed by atoms with E-state index in [2.05, 4.69) is 6.07 Å². The lowest BCUT2D eigenvalue weighted by molar-refractivity contribution is -0.142. The Labute approximate surface area is 206 Å². The largest absolute Gasteiger partial charge is 0.469 e. The number of rotatable bonds is 8. The minimum atomic E-state index is -0.342. The summed E-state index contributed by atoms with van der Waals surface area (Å²) in [6.07, 6.45) is 6.15. The molecule has 2 aliphatic rings. The van der Waals surface area contributed by atoms with Gasteiger partial charge in [0, 0.05) is 38.8 Å². The first-order chi connectivity index (χ1) is 16.9. The van der Waals surface area contributed by atoms with Crippen molar-refractivity contribution in [1.29, 1.82) is 0 Å². The smallest absolute Gasteiger partial charge is 0.305 e. The number of esters is 1. The van der Waals surface area contributed by atoms with Crippen molar-refractivity contribution in [3.63, 3.8) is 0 Å². The van der Waals surface area contributed by atoms with Crippen molar-refractivity contribution in [2.45, 2.75) is 64.3 Å². The maximum absolute atomic E-state index is 13.8. The fraction of sp³-hybridized carbons (Fsp3) is 0.483. The van der Waals surface area contributed by atoms with Gasteiger partial charge in [-0.3, -0.25) is 14.4 Å². The van der Waals surface area contributed by atoms with Crippen molar-refractivity contribution in [3.8, 4) is 0 Å². The van der Waals surface area contributed by atoms with Crippen LogP contribution in [-0.4, -0.2) is 36.2 Å². The first-order valence-electron chi connectivity index (χ1n) is 12.6. The average molecular weight is 480 g/mol. The van der Waals surface area contributed by atoms with E-state index in [0.717, 1.165) is 43.2 Å². The van der Waals surface area contributed by atoms with E-state index < -0.39 is 0 Å². The molecule has 5 nitrogen and oxygen atoms in total. The summed E-state index contributed by atoms with van der Waals surface area (Å²) in [6, 6.07) is 12.4. The number of methoxy groups -OCH3 is 1. The van der Waals surface area contributed by atoms with Crippen LogP contribution in [0.1, 0.15) is 60.8 Å². The third-order valence-corrected chi connectivity index (χ3v) is 7.50. The van der Waals surface area contributed by atoms with Crippen molar-refractivity contribution in [2.24, 2.45) is 11.8 Å². The summed E-state index contributed by atoms with van der Waals surface area (Å²) in [4.78, 5) is 38.9. The highest BCUT2D eigenvalue weighted by Crippen LogP contribution is 2.33. The standard InChI is InChI=1S/C29H34FNO4/c1-35-29(34)17-21-8-6-20(7-9-21)16-28(33)31-13-12-23-14-22(10-11-25(23)19-31)15-26(32)18-24-4-2-3-5-27(24)30/h2-5,10-11,14,20-21H,6-9,12-13,15-19H2,1H3. The zero-order valence-electron chi connectivity index (χ0n) is 20.4. The number of hydrogen-bond donors (Lipinski definition) is 0. The Bertz CT molecular complexity index is 1070. The number of Topliss-reactive ketones (excluding diaryl/α,β-unsaturated/α-hetero) is 1. The SMILES string of the molecule is COC(=O)CC1CCC(CC(=O)N2CCc3cc(CC(=O)Cc4ccccc4F)ccc3C2)CC1. The molecule has 2 aromatic rings. The first kappa shape index (κ1) is 25.1. The van der Waals surface area contributed by atoms with Crippen molar-refractivity contribution >= 4 is 17.7 Å². The second-order valence-electron chi connectivity index (χ2n) is 10.0. The van der Waals surface area contributed by atoms with Gasteiger partial charge >= 0.3 is 5.97 Å². The molecule has 1 aliphatic heterocycles. The zero-order chi connectivity index (χ0) is 24.8. The van der Waals surface area contributed by atoms with Crippen molar-refractivity contribution in [2.75, 3.05) is 13.7 Å². The van der Waals surface area contributed by atoms with Crippen LogP contribution in [0.3, 0.4) is 0 Å². The maximum Gasteiger partial charge on any atom is 0.305 e. The Balaban J connectivity index is 1.26. The van der Waals surface area contributed by atoms with Crippen LogP contribution in [0.4, 0.5) is 4.39 Å². The molecule has 0 spiro atoms. The topological polar surface area (TPSA) is 63.7 Å². The Morgan fingerprint density at radius 2 is 1.66 bits per heavy atom. The van der Waals surface area contributed by atoms with Gasteiger partial charge in [0.25, 0.3) is 0 Å². The fourth-order valence-corrected chi connectivity index (χ4v) is 5.41. The number of hydrogen-bond acceptors (Lipinski definition) is 4. The summed E-state index contributed by atoms with van der Waals surface area (Å²) in [6.45, 7) is 1.30. The predicted molar refractivity (Wildman–Crippen MR) is 131 cm³/mol. The third-order valence-electron chi connectivity index (χ3n) is 7.50. The first-order valence-corrected chi connectivity index (χ1v) is 12.6. The number of carbonyl (C=O) groups is 3. The summed E-state index contributed by atoms with van der Waals surface area (Å²) in [5.41, 5.74) is 3.69. The van der Waals surface area contributed by atoms with Crippen LogP contribution in [0.2, 0.25) is 0 Å². The Morgan fingerprint density at radius 1 is 0.943 bits per heavy atom. The van der Waals surface area contributed by atoms with Gasteiger partial charge in [-0.1, -0.05) is 36.4 Å². The van der Waals surface area contributed by atoms with E-state index in [1.54, 1.807) is 18.2 Å². The molecule has 4 rings (SSSR count). The summed E-state index contributed by atoms with van der Waals surface area (Å²) in [5.74, 6) is 0.476.